The zero-order chi connectivity index (χ0) is 26.2. The summed E-state index contributed by atoms with van der Waals surface area (Å²) in [7, 11) is 3.95. The van der Waals surface area contributed by atoms with Crippen LogP contribution in [-0.4, -0.2) is 72.2 Å². The number of hydrogen-bond donors (Lipinski definition) is 3. The Kier molecular flexibility index (Phi) is 5.92. The van der Waals surface area contributed by atoms with Crippen molar-refractivity contribution in [2.24, 2.45) is 0 Å². The summed E-state index contributed by atoms with van der Waals surface area (Å²) in [5.74, 6) is -0.630. The van der Waals surface area contributed by atoms with Crippen molar-refractivity contribution >= 4 is 27.6 Å². The fraction of sp³-hybridized carbons (Fsp3) is 0.154. The maximum absolute atomic E-state index is 15.7. The first-order chi connectivity index (χ1) is 18.5. The number of pyridine rings is 2. The van der Waals surface area contributed by atoms with Crippen LogP contribution in [0.4, 0.5) is 14.5 Å². The Bertz CT molecular complexity index is 1760. The molecule has 0 atom stereocenters. The molecule has 0 saturated heterocycles. The number of likely N-dealkylation sites (N-methyl/N-ethyl adjacent to an activating group) is 1. The number of benzene rings is 1. The number of nitrogens with zero attached hydrogens (tertiary/aromatic N) is 7. The molecule has 5 heterocycles. The normalized spacial score (nSPS) is 11.6. The van der Waals surface area contributed by atoms with Gasteiger partial charge in [-0.1, -0.05) is 0 Å². The summed E-state index contributed by atoms with van der Waals surface area (Å²) in [6, 6.07) is 6.44. The van der Waals surface area contributed by atoms with Crippen LogP contribution in [0.2, 0.25) is 0 Å². The number of anilines is 1. The van der Waals surface area contributed by atoms with Crippen LogP contribution in [0.15, 0.2) is 55.4 Å². The molecule has 6 rings (SSSR count). The van der Waals surface area contributed by atoms with Crippen LogP contribution in [-0.2, 0) is 0 Å². The van der Waals surface area contributed by atoms with Gasteiger partial charge in [-0.3, -0.25) is 15.1 Å². The molecule has 0 spiro atoms. The molecule has 0 aliphatic rings. The minimum absolute atomic E-state index is 0.105. The van der Waals surface area contributed by atoms with Crippen molar-refractivity contribution in [3.05, 3.63) is 67.0 Å². The number of aromatic nitrogens is 8. The minimum Gasteiger partial charge on any atom is -0.384 e. The Labute approximate surface area is 215 Å². The number of imidazole rings is 1. The van der Waals surface area contributed by atoms with E-state index in [2.05, 4.69) is 40.4 Å². The van der Waals surface area contributed by atoms with Gasteiger partial charge in [0.05, 0.1) is 28.3 Å². The first kappa shape index (κ1) is 23.6. The number of halogens is 2. The van der Waals surface area contributed by atoms with Crippen molar-refractivity contribution in [2.75, 3.05) is 32.5 Å². The van der Waals surface area contributed by atoms with E-state index in [0.29, 0.717) is 51.4 Å². The Morgan fingerprint density at radius 1 is 0.921 bits per heavy atom. The molecule has 12 heteroatoms. The van der Waals surface area contributed by atoms with Crippen LogP contribution in [0, 0.1) is 11.6 Å². The highest BCUT2D eigenvalue weighted by Gasteiger charge is 2.21. The quantitative estimate of drug-likeness (QED) is 0.290. The molecule has 0 saturated carbocycles. The van der Waals surface area contributed by atoms with Gasteiger partial charge in [-0.25, -0.2) is 23.7 Å². The summed E-state index contributed by atoms with van der Waals surface area (Å²) in [5, 5.41) is 10.6. The number of fused-ring (bicyclic) bond motifs is 2. The van der Waals surface area contributed by atoms with E-state index < -0.39 is 11.6 Å². The molecular weight excluding hydrogens is 490 g/mol. The summed E-state index contributed by atoms with van der Waals surface area (Å²) >= 11 is 0. The van der Waals surface area contributed by atoms with Gasteiger partial charge < -0.3 is 15.2 Å². The highest BCUT2D eigenvalue weighted by Crippen LogP contribution is 2.34. The molecule has 1 aromatic carbocycles. The maximum Gasteiger partial charge on any atom is 0.161 e. The Morgan fingerprint density at radius 3 is 2.58 bits per heavy atom. The molecular formula is C26H22F2N10. The number of rotatable bonds is 7. The standard InChI is InChI=1S/C26H22F2N10/c1-38(2)6-5-31-17-8-14(7-16(27)9-17)23-24-18(3-4-32-23)34-26(35-24)25-20-19(36-37-25)12-33-22(21(20)28)15-10-29-13-30-11-15/h3-4,7-13,31H,5-6H2,1-2H3,(H,34,35)(H,36,37). The third kappa shape index (κ3) is 4.30. The van der Waals surface area contributed by atoms with E-state index in [1.165, 1.54) is 37.1 Å². The molecule has 0 fully saturated rings. The number of H-pyrrole nitrogens is 2. The first-order valence-electron chi connectivity index (χ1n) is 11.8. The molecule has 0 radical (unpaired) electrons. The van der Waals surface area contributed by atoms with Crippen molar-refractivity contribution in [3.63, 3.8) is 0 Å². The predicted octanol–water partition coefficient (Wildman–Crippen LogP) is 4.27. The maximum atomic E-state index is 15.7. The SMILES string of the molecule is CN(C)CCNc1cc(F)cc(-c2nccc3[nH]c(-c4n[nH]c5cnc(-c6cncnc6)c(F)c45)nc23)c1. The third-order valence-electron chi connectivity index (χ3n) is 6.06. The predicted molar refractivity (Wildman–Crippen MR) is 140 cm³/mol. The lowest BCUT2D eigenvalue weighted by Crippen LogP contribution is -2.20. The van der Waals surface area contributed by atoms with E-state index in [1.807, 2.05) is 25.1 Å². The van der Waals surface area contributed by atoms with Crippen molar-refractivity contribution < 1.29 is 8.78 Å². The van der Waals surface area contributed by atoms with Gasteiger partial charge in [0, 0.05) is 48.5 Å². The highest BCUT2D eigenvalue weighted by molar-refractivity contribution is 5.97. The van der Waals surface area contributed by atoms with Crippen molar-refractivity contribution in [1.82, 2.24) is 45.0 Å². The Balaban J connectivity index is 1.43. The minimum atomic E-state index is -0.571. The summed E-state index contributed by atoms with van der Waals surface area (Å²) in [6.45, 7) is 1.45. The molecule has 5 aromatic heterocycles. The summed E-state index contributed by atoms with van der Waals surface area (Å²) in [6.07, 6.45) is 7.47. The second kappa shape index (κ2) is 9.56. The van der Waals surface area contributed by atoms with Gasteiger partial charge in [0.15, 0.2) is 11.6 Å². The van der Waals surface area contributed by atoms with Gasteiger partial charge in [0.25, 0.3) is 0 Å². The lowest BCUT2D eigenvalue weighted by atomic mass is 10.1. The van der Waals surface area contributed by atoms with E-state index in [4.69, 9.17) is 4.98 Å². The first-order valence-corrected chi connectivity index (χ1v) is 11.8. The van der Waals surface area contributed by atoms with Gasteiger partial charge in [0.2, 0.25) is 0 Å². The van der Waals surface area contributed by atoms with Gasteiger partial charge in [-0.15, -0.1) is 0 Å². The zero-order valence-electron chi connectivity index (χ0n) is 20.5. The monoisotopic (exact) mass is 512 g/mol. The van der Waals surface area contributed by atoms with Gasteiger partial charge in [-0.2, -0.15) is 5.10 Å². The fourth-order valence-corrected chi connectivity index (χ4v) is 4.28. The van der Waals surface area contributed by atoms with Gasteiger partial charge in [0.1, 0.15) is 29.0 Å². The van der Waals surface area contributed by atoms with Crippen LogP contribution in [0.5, 0.6) is 0 Å². The molecule has 38 heavy (non-hydrogen) atoms. The topological polar surface area (TPSA) is 124 Å². The lowest BCUT2D eigenvalue weighted by molar-refractivity contribution is 0.425. The highest BCUT2D eigenvalue weighted by atomic mass is 19.1. The molecule has 0 unspecified atom stereocenters. The molecule has 0 aliphatic carbocycles. The van der Waals surface area contributed by atoms with E-state index in [9.17, 15) is 4.39 Å². The van der Waals surface area contributed by atoms with Crippen LogP contribution in [0.1, 0.15) is 0 Å². The van der Waals surface area contributed by atoms with Crippen LogP contribution >= 0.6 is 0 Å². The fourth-order valence-electron chi connectivity index (χ4n) is 4.28. The molecule has 190 valence electrons. The molecule has 3 N–H and O–H groups in total. The molecule has 0 amide bonds. The average molecular weight is 513 g/mol. The van der Waals surface area contributed by atoms with Crippen molar-refractivity contribution in [3.8, 4) is 34.0 Å². The molecule has 0 aliphatic heterocycles. The summed E-state index contributed by atoms with van der Waals surface area (Å²) in [5.41, 5.74) is 4.10. The summed E-state index contributed by atoms with van der Waals surface area (Å²) < 4.78 is 30.2. The van der Waals surface area contributed by atoms with Crippen molar-refractivity contribution in [2.45, 2.75) is 0 Å². The number of nitrogens with one attached hydrogen (secondary N) is 3. The number of hydrogen-bond acceptors (Lipinski definition) is 8. The van der Waals surface area contributed by atoms with E-state index >= 15 is 4.39 Å². The van der Waals surface area contributed by atoms with Gasteiger partial charge in [-0.05, 0) is 38.4 Å². The lowest BCUT2D eigenvalue weighted by Gasteiger charge is -2.12. The van der Waals surface area contributed by atoms with Crippen LogP contribution in [0.3, 0.4) is 0 Å². The second-order valence-electron chi connectivity index (χ2n) is 9.01. The van der Waals surface area contributed by atoms with E-state index in [-0.39, 0.29) is 16.8 Å². The Morgan fingerprint density at radius 2 is 1.76 bits per heavy atom. The third-order valence-corrected chi connectivity index (χ3v) is 6.06. The van der Waals surface area contributed by atoms with Gasteiger partial charge >= 0.3 is 0 Å². The molecule has 10 nitrogen and oxygen atoms in total. The molecule has 0 bridgehead atoms. The average Bonchev–Trinajstić information content (AvgIpc) is 3.53. The van der Waals surface area contributed by atoms with Crippen molar-refractivity contribution in [1.29, 1.82) is 0 Å². The van der Waals surface area contributed by atoms with E-state index in [1.54, 1.807) is 12.3 Å². The van der Waals surface area contributed by atoms with E-state index in [0.717, 1.165) is 6.54 Å². The van der Waals surface area contributed by atoms with Crippen LogP contribution in [0.25, 0.3) is 56.0 Å². The second-order valence-corrected chi connectivity index (χ2v) is 9.01. The van der Waals surface area contributed by atoms with Crippen LogP contribution < -0.4 is 5.32 Å². The molecule has 6 aromatic rings. The number of aromatic amines is 2. The zero-order valence-corrected chi connectivity index (χ0v) is 20.5. The Hall–Kier alpha value is -4.84. The largest absolute Gasteiger partial charge is 0.384 e. The summed E-state index contributed by atoms with van der Waals surface area (Å²) in [4.78, 5) is 26.6. The smallest absolute Gasteiger partial charge is 0.161 e.